The molecule has 0 unspecified atom stereocenters. The lowest BCUT2D eigenvalue weighted by molar-refractivity contribution is -0.143. The van der Waals surface area contributed by atoms with E-state index >= 15 is 0 Å². The smallest absolute Gasteiger partial charge is 0.306 e. The Morgan fingerprint density at radius 3 is 2.80 bits per heavy atom. The van der Waals surface area contributed by atoms with Gasteiger partial charge in [0, 0.05) is 12.0 Å². The van der Waals surface area contributed by atoms with Crippen molar-refractivity contribution in [3.63, 3.8) is 0 Å². The number of hydrogen-bond acceptors (Lipinski definition) is 6. The minimum atomic E-state index is -0.164. The Hall–Kier alpha value is -2.60. The number of esters is 1. The van der Waals surface area contributed by atoms with Crippen LogP contribution in [0.2, 0.25) is 0 Å². The van der Waals surface area contributed by atoms with Crippen molar-refractivity contribution in [3.8, 4) is 16.9 Å². The predicted octanol–water partition coefficient (Wildman–Crippen LogP) is 5.75. The van der Waals surface area contributed by atoms with Gasteiger partial charge < -0.3 is 15.2 Å². The Morgan fingerprint density at radius 2 is 2.00 bits per heavy atom. The summed E-state index contributed by atoms with van der Waals surface area (Å²) in [7, 11) is 0. The van der Waals surface area contributed by atoms with Crippen LogP contribution in [0.3, 0.4) is 0 Å². The molecule has 0 amide bonds. The second-order valence-electron chi connectivity index (χ2n) is 7.75. The van der Waals surface area contributed by atoms with Gasteiger partial charge in [0.1, 0.15) is 5.75 Å². The Labute approximate surface area is 181 Å². The first-order valence-electron chi connectivity index (χ1n) is 10.7. The maximum absolute atomic E-state index is 11.8. The molecule has 3 aromatic rings. The lowest BCUT2D eigenvalue weighted by Crippen LogP contribution is -2.20. The van der Waals surface area contributed by atoms with Crippen LogP contribution >= 0.6 is 11.3 Å². The molecule has 158 valence electrons. The number of anilines is 1. The molecule has 1 fully saturated rings. The molecule has 0 saturated heterocycles. The Balaban J connectivity index is 1.65. The van der Waals surface area contributed by atoms with E-state index in [0.29, 0.717) is 24.6 Å². The first-order chi connectivity index (χ1) is 14.6. The van der Waals surface area contributed by atoms with E-state index in [2.05, 4.69) is 35.3 Å². The number of ether oxygens (including phenoxy) is 2. The first kappa shape index (κ1) is 20.7. The Morgan fingerprint density at radius 1 is 1.17 bits per heavy atom. The molecular weight excluding hydrogens is 396 g/mol. The fourth-order valence-electron chi connectivity index (χ4n) is 4.01. The van der Waals surface area contributed by atoms with Crippen molar-refractivity contribution in [2.45, 2.75) is 58.0 Å². The van der Waals surface area contributed by atoms with Gasteiger partial charge in [-0.15, -0.1) is 0 Å². The molecule has 2 N–H and O–H groups in total. The molecule has 0 radical (unpaired) electrons. The number of aryl methyl sites for hydroxylation is 1. The molecule has 2 aromatic carbocycles. The quantitative estimate of drug-likeness (QED) is 0.489. The van der Waals surface area contributed by atoms with E-state index in [-0.39, 0.29) is 12.1 Å². The van der Waals surface area contributed by atoms with Gasteiger partial charge in [-0.1, -0.05) is 29.9 Å². The van der Waals surface area contributed by atoms with Gasteiger partial charge in [-0.05, 0) is 74.4 Å². The van der Waals surface area contributed by atoms with E-state index in [1.807, 2.05) is 13.0 Å². The number of fused-ring (bicyclic) bond motifs is 1. The summed E-state index contributed by atoms with van der Waals surface area (Å²) in [4.78, 5) is 16.1. The highest BCUT2D eigenvalue weighted by atomic mass is 32.1. The standard InChI is InChI=1S/C24H28N2O3S/c1-2-28-23(27)13-9-16-8-12-21(29-18-6-4-3-5-7-18)19(14-16)17-10-11-20-22(15-17)30-24(25)26-20/h8,10-12,14-15,18H,2-7,9,13H2,1H3,(H2,25,26). The van der Waals surface area contributed by atoms with Crippen LogP contribution in [-0.2, 0) is 16.0 Å². The topological polar surface area (TPSA) is 74.4 Å². The van der Waals surface area contributed by atoms with E-state index < -0.39 is 0 Å². The molecule has 6 heteroatoms. The fourth-order valence-corrected chi connectivity index (χ4v) is 4.79. The van der Waals surface area contributed by atoms with Crippen LogP contribution in [0, 0.1) is 0 Å². The van der Waals surface area contributed by atoms with Gasteiger partial charge in [-0.3, -0.25) is 4.79 Å². The number of nitrogens with two attached hydrogens (primary N) is 1. The number of carbonyl (C=O) groups excluding carboxylic acids is 1. The van der Waals surface area contributed by atoms with E-state index in [1.54, 1.807) is 0 Å². The zero-order valence-electron chi connectivity index (χ0n) is 17.4. The second-order valence-corrected chi connectivity index (χ2v) is 8.81. The summed E-state index contributed by atoms with van der Waals surface area (Å²) < 4.78 is 12.6. The highest BCUT2D eigenvalue weighted by Crippen LogP contribution is 2.36. The van der Waals surface area contributed by atoms with Crippen molar-refractivity contribution in [2.24, 2.45) is 0 Å². The molecule has 30 heavy (non-hydrogen) atoms. The molecule has 1 saturated carbocycles. The number of rotatable bonds is 7. The summed E-state index contributed by atoms with van der Waals surface area (Å²) in [5.41, 5.74) is 10.0. The Bertz CT molecular complexity index is 1020. The van der Waals surface area contributed by atoms with Crippen LogP contribution < -0.4 is 10.5 Å². The predicted molar refractivity (Wildman–Crippen MR) is 122 cm³/mol. The highest BCUT2D eigenvalue weighted by molar-refractivity contribution is 7.22. The zero-order chi connectivity index (χ0) is 20.9. The summed E-state index contributed by atoms with van der Waals surface area (Å²) in [6, 6.07) is 12.5. The monoisotopic (exact) mass is 424 g/mol. The largest absolute Gasteiger partial charge is 0.490 e. The van der Waals surface area contributed by atoms with Gasteiger partial charge in [0.05, 0.1) is 22.9 Å². The molecule has 1 aliphatic rings. The van der Waals surface area contributed by atoms with Crippen molar-refractivity contribution >= 4 is 32.7 Å². The van der Waals surface area contributed by atoms with Crippen LogP contribution in [0.15, 0.2) is 36.4 Å². The molecule has 1 aromatic heterocycles. The van der Waals surface area contributed by atoms with Crippen LogP contribution in [0.5, 0.6) is 5.75 Å². The average Bonchev–Trinajstić information content (AvgIpc) is 3.13. The van der Waals surface area contributed by atoms with Crippen molar-refractivity contribution < 1.29 is 14.3 Å². The lowest BCUT2D eigenvalue weighted by Gasteiger charge is -2.24. The van der Waals surface area contributed by atoms with Crippen molar-refractivity contribution in [2.75, 3.05) is 12.3 Å². The zero-order valence-corrected chi connectivity index (χ0v) is 18.2. The van der Waals surface area contributed by atoms with Gasteiger partial charge in [-0.25, -0.2) is 4.98 Å². The minimum Gasteiger partial charge on any atom is -0.490 e. The summed E-state index contributed by atoms with van der Waals surface area (Å²) >= 11 is 1.49. The maximum atomic E-state index is 11.8. The van der Waals surface area contributed by atoms with Gasteiger partial charge in [0.2, 0.25) is 0 Å². The van der Waals surface area contributed by atoms with Crippen molar-refractivity contribution in [1.82, 2.24) is 4.98 Å². The van der Waals surface area contributed by atoms with E-state index in [4.69, 9.17) is 15.2 Å². The normalized spacial score (nSPS) is 14.7. The number of hydrogen-bond donors (Lipinski definition) is 1. The van der Waals surface area contributed by atoms with Gasteiger partial charge in [0.15, 0.2) is 5.13 Å². The number of carbonyl (C=O) groups is 1. The lowest BCUT2D eigenvalue weighted by atomic mass is 9.96. The van der Waals surface area contributed by atoms with Gasteiger partial charge in [0.25, 0.3) is 0 Å². The number of aromatic nitrogens is 1. The van der Waals surface area contributed by atoms with Crippen molar-refractivity contribution in [3.05, 3.63) is 42.0 Å². The third kappa shape index (κ3) is 4.93. The Kier molecular flexibility index (Phi) is 6.53. The average molecular weight is 425 g/mol. The van der Waals surface area contributed by atoms with Crippen LogP contribution in [0.25, 0.3) is 21.3 Å². The summed E-state index contributed by atoms with van der Waals surface area (Å²) in [6.07, 6.45) is 7.25. The third-order valence-electron chi connectivity index (χ3n) is 5.53. The molecule has 1 aliphatic carbocycles. The fraction of sp³-hybridized carbons (Fsp3) is 0.417. The van der Waals surface area contributed by atoms with E-state index in [9.17, 15) is 4.79 Å². The summed E-state index contributed by atoms with van der Waals surface area (Å²) in [6.45, 7) is 2.24. The third-order valence-corrected chi connectivity index (χ3v) is 6.38. The minimum absolute atomic E-state index is 0.164. The molecule has 0 bridgehead atoms. The summed E-state index contributed by atoms with van der Waals surface area (Å²) in [5.74, 6) is 0.738. The SMILES string of the molecule is CCOC(=O)CCc1ccc(OC2CCCCC2)c(-c2ccc3nc(N)sc3c2)c1. The molecule has 1 heterocycles. The second kappa shape index (κ2) is 9.47. The van der Waals surface area contributed by atoms with Crippen LogP contribution in [0.1, 0.15) is 51.0 Å². The van der Waals surface area contributed by atoms with Crippen LogP contribution in [0.4, 0.5) is 5.13 Å². The van der Waals surface area contributed by atoms with E-state index in [1.165, 1.54) is 30.6 Å². The number of benzene rings is 2. The first-order valence-corrected chi connectivity index (χ1v) is 11.6. The molecule has 0 spiro atoms. The van der Waals surface area contributed by atoms with Gasteiger partial charge in [-0.2, -0.15) is 0 Å². The maximum Gasteiger partial charge on any atom is 0.306 e. The van der Waals surface area contributed by atoms with Crippen LogP contribution in [-0.4, -0.2) is 23.7 Å². The van der Waals surface area contributed by atoms with E-state index in [0.717, 1.165) is 45.5 Å². The molecule has 0 aliphatic heterocycles. The molecule has 5 nitrogen and oxygen atoms in total. The summed E-state index contributed by atoms with van der Waals surface area (Å²) in [5, 5.41) is 0.573. The molecular formula is C24H28N2O3S. The number of nitrogen functional groups attached to an aromatic ring is 1. The van der Waals surface area contributed by atoms with Gasteiger partial charge >= 0.3 is 5.97 Å². The molecule has 0 atom stereocenters. The molecule has 4 rings (SSSR count). The number of thiazole rings is 1. The highest BCUT2D eigenvalue weighted by Gasteiger charge is 2.18. The van der Waals surface area contributed by atoms with Crippen molar-refractivity contribution in [1.29, 1.82) is 0 Å². The number of nitrogens with zero attached hydrogens (tertiary/aromatic N) is 1.